The first-order valence-corrected chi connectivity index (χ1v) is 10.4. The Morgan fingerprint density at radius 1 is 1.08 bits per heavy atom. The molecule has 24 heavy (non-hydrogen) atoms. The van der Waals surface area contributed by atoms with Crippen LogP contribution in [0.25, 0.3) is 0 Å². The summed E-state index contributed by atoms with van der Waals surface area (Å²) in [6, 6.07) is 7.13. The molecular weight excluding hydrogens is 358 g/mol. The standard InChI is InChI=1S/C14H15NO7S2/c16-14-11-7-8-6-10(11)13(21-14)12(8)22-24(19,20)15-23(17,18)9-4-2-1-3-5-9/h1-5,8,10-13,15H,6-7H2. The van der Waals surface area contributed by atoms with E-state index in [4.69, 9.17) is 8.92 Å². The highest BCUT2D eigenvalue weighted by Gasteiger charge is 2.63. The summed E-state index contributed by atoms with van der Waals surface area (Å²) in [6.45, 7) is 0. The third-order valence-electron chi connectivity index (χ3n) is 4.92. The zero-order valence-electron chi connectivity index (χ0n) is 12.4. The molecule has 1 saturated heterocycles. The van der Waals surface area contributed by atoms with Crippen LogP contribution in [0, 0.1) is 17.8 Å². The van der Waals surface area contributed by atoms with Gasteiger partial charge in [-0.05, 0) is 30.9 Å². The Bertz CT molecular complexity index is 881. The molecule has 0 spiro atoms. The van der Waals surface area contributed by atoms with Crippen molar-refractivity contribution in [1.29, 1.82) is 0 Å². The van der Waals surface area contributed by atoms with Gasteiger partial charge in [0.15, 0.2) is 0 Å². The number of sulfonamides is 1. The number of carbonyl (C=O) groups excluding carboxylic acids is 1. The van der Waals surface area contributed by atoms with Crippen LogP contribution in [0.5, 0.6) is 0 Å². The van der Waals surface area contributed by atoms with Crippen LogP contribution in [0.4, 0.5) is 0 Å². The van der Waals surface area contributed by atoms with Crippen LogP contribution in [-0.2, 0) is 34.0 Å². The van der Waals surface area contributed by atoms with Gasteiger partial charge in [0.05, 0.1) is 10.8 Å². The zero-order chi connectivity index (χ0) is 17.1. The quantitative estimate of drug-likeness (QED) is 0.732. The number of carbonyl (C=O) groups is 1. The molecule has 5 unspecified atom stereocenters. The predicted molar refractivity (Wildman–Crippen MR) is 80.1 cm³/mol. The van der Waals surface area contributed by atoms with Crippen LogP contribution in [-0.4, -0.2) is 35.0 Å². The third-order valence-corrected chi connectivity index (χ3v) is 7.98. The Morgan fingerprint density at radius 3 is 2.50 bits per heavy atom. The summed E-state index contributed by atoms with van der Waals surface area (Å²) < 4.78 is 60.5. The van der Waals surface area contributed by atoms with Crippen molar-refractivity contribution in [2.75, 3.05) is 0 Å². The monoisotopic (exact) mass is 373 g/mol. The van der Waals surface area contributed by atoms with Crippen molar-refractivity contribution < 1.29 is 30.6 Å². The zero-order valence-corrected chi connectivity index (χ0v) is 14.0. The summed E-state index contributed by atoms with van der Waals surface area (Å²) in [5.41, 5.74) is 0. The van der Waals surface area contributed by atoms with Crippen molar-refractivity contribution in [2.45, 2.75) is 29.9 Å². The maximum Gasteiger partial charge on any atom is 0.349 e. The van der Waals surface area contributed by atoms with Gasteiger partial charge >= 0.3 is 16.3 Å². The summed E-state index contributed by atoms with van der Waals surface area (Å²) in [6.07, 6.45) is -0.267. The largest absolute Gasteiger partial charge is 0.459 e. The van der Waals surface area contributed by atoms with Crippen LogP contribution in [0.2, 0.25) is 0 Å². The van der Waals surface area contributed by atoms with Gasteiger partial charge in [-0.3, -0.25) is 4.79 Å². The Balaban J connectivity index is 1.52. The van der Waals surface area contributed by atoms with E-state index >= 15 is 0 Å². The fraction of sp³-hybridized carbons (Fsp3) is 0.500. The number of hydrogen-bond donors (Lipinski definition) is 1. The molecule has 0 aromatic heterocycles. The lowest BCUT2D eigenvalue weighted by Gasteiger charge is -2.24. The number of nitrogens with one attached hydrogen (secondary N) is 1. The first-order chi connectivity index (χ1) is 11.3. The number of benzene rings is 1. The normalized spacial score (nSPS) is 34.5. The molecule has 1 aromatic rings. The SMILES string of the molecule is O=C1OC2C3CC(CC13)C2OS(=O)(=O)NS(=O)(=O)c1ccccc1. The Morgan fingerprint density at radius 2 is 1.79 bits per heavy atom. The van der Waals surface area contributed by atoms with Crippen molar-refractivity contribution >= 4 is 26.3 Å². The van der Waals surface area contributed by atoms with Crippen molar-refractivity contribution in [3.05, 3.63) is 30.3 Å². The molecule has 8 nitrogen and oxygen atoms in total. The van der Waals surface area contributed by atoms with E-state index in [-0.39, 0.29) is 28.6 Å². The molecule has 5 atom stereocenters. The average molecular weight is 373 g/mol. The lowest BCUT2D eigenvalue weighted by Crippen LogP contribution is -2.41. The van der Waals surface area contributed by atoms with Gasteiger partial charge in [0.25, 0.3) is 10.0 Å². The molecule has 2 bridgehead atoms. The molecule has 0 amide bonds. The number of rotatable bonds is 5. The lowest BCUT2D eigenvalue weighted by atomic mass is 9.88. The van der Waals surface area contributed by atoms with Crippen molar-refractivity contribution in [2.24, 2.45) is 17.8 Å². The molecule has 130 valence electrons. The summed E-state index contributed by atoms with van der Waals surface area (Å²) >= 11 is 0. The van der Waals surface area contributed by atoms with E-state index in [0.717, 1.165) is 0 Å². The topological polar surface area (TPSA) is 116 Å². The molecule has 10 heteroatoms. The van der Waals surface area contributed by atoms with E-state index in [9.17, 15) is 21.6 Å². The van der Waals surface area contributed by atoms with Crippen molar-refractivity contribution in [3.63, 3.8) is 0 Å². The van der Waals surface area contributed by atoms with Crippen molar-refractivity contribution in [1.82, 2.24) is 4.13 Å². The molecule has 1 heterocycles. The van der Waals surface area contributed by atoms with Crippen LogP contribution in [0.3, 0.4) is 0 Å². The van der Waals surface area contributed by atoms with E-state index in [0.29, 0.717) is 12.8 Å². The molecule has 2 saturated carbocycles. The Hall–Kier alpha value is -1.49. The van der Waals surface area contributed by atoms with Gasteiger partial charge < -0.3 is 4.74 Å². The van der Waals surface area contributed by atoms with Crippen LogP contribution in [0.1, 0.15) is 12.8 Å². The van der Waals surface area contributed by atoms with Crippen LogP contribution < -0.4 is 4.13 Å². The average Bonchev–Trinajstić information content (AvgIpc) is 3.12. The maximum absolute atomic E-state index is 12.2. The predicted octanol–water partition coefficient (Wildman–Crippen LogP) is 0.176. The molecule has 1 N–H and O–H groups in total. The molecular formula is C14H15NO7S2. The van der Waals surface area contributed by atoms with E-state index in [1.807, 2.05) is 0 Å². The van der Waals surface area contributed by atoms with E-state index in [1.165, 1.54) is 24.3 Å². The number of ether oxygens (including phenoxy) is 1. The van der Waals surface area contributed by atoms with E-state index in [1.54, 1.807) is 10.2 Å². The van der Waals surface area contributed by atoms with Crippen molar-refractivity contribution in [3.8, 4) is 0 Å². The minimum Gasteiger partial charge on any atom is -0.459 e. The first kappa shape index (κ1) is 16.0. The summed E-state index contributed by atoms with van der Waals surface area (Å²) in [5, 5.41) is 0. The van der Waals surface area contributed by atoms with Gasteiger partial charge in [0, 0.05) is 5.92 Å². The van der Waals surface area contributed by atoms with Gasteiger partial charge in [0.1, 0.15) is 12.2 Å². The molecule has 3 aliphatic rings. The van der Waals surface area contributed by atoms with Crippen LogP contribution >= 0.6 is 0 Å². The minimum absolute atomic E-state index is 0.0339. The molecule has 4 rings (SSSR count). The maximum atomic E-state index is 12.2. The minimum atomic E-state index is -4.56. The smallest absolute Gasteiger partial charge is 0.349 e. The molecule has 0 radical (unpaired) electrons. The lowest BCUT2D eigenvalue weighted by molar-refractivity contribution is -0.145. The summed E-state index contributed by atoms with van der Waals surface area (Å²) in [4.78, 5) is 11.5. The fourth-order valence-corrected chi connectivity index (χ4v) is 6.67. The van der Waals surface area contributed by atoms with Crippen LogP contribution in [0.15, 0.2) is 35.2 Å². The molecule has 1 aromatic carbocycles. The molecule has 3 fully saturated rings. The fourth-order valence-electron chi connectivity index (χ4n) is 3.98. The van der Waals surface area contributed by atoms with Gasteiger partial charge in [-0.2, -0.15) is 8.42 Å². The van der Waals surface area contributed by atoms with Gasteiger partial charge in [0.2, 0.25) is 0 Å². The van der Waals surface area contributed by atoms with Gasteiger partial charge in [-0.15, -0.1) is 0 Å². The summed E-state index contributed by atoms with van der Waals surface area (Å²) in [5.74, 6) is -0.648. The Labute approximate surface area is 139 Å². The molecule has 1 aliphatic heterocycles. The van der Waals surface area contributed by atoms with E-state index < -0.39 is 32.5 Å². The Kier molecular flexibility index (Phi) is 3.50. The highest BCUT2D eigenvalue weighted by atomic mass is 32.3. The number of fused-ring (bicyclic) bond motifs is 1. The number of hydrogen-bond acceptors (Lipinski definition) is 7. The second-order valence-corrected chi connectivity index (χ2v) is 9.56. The summed E-state index contributed by atoms with van der Waals surface area (Å²) in [7, 11) is -8.83. The number of esters is 1. The highest BCUT2D eigenvalue weighted by Crippen LogP contribution is 2.55. The van der Waals surface area contributed by atoms with E-state index in [2.05, 4.69) is 0 Å². The van der Waals surface area contributed by atoms with Gasteiger partial charge in [-0.25, -0.2) is 12.6 Å². The van der Waals surface area contributed by atoms with Gasteiger partial charge in [-0.1, -0.05) is 22.3 Å². The third kappa shape index (κ3) is 2.53. The highest BCUT2D eigenvalue weighted by molar-refractivity contribution is 8.02. The first-order valence-electron chi connectivity index (χ1n) is 7.49. The second-order valence-electron chi connectivity index (χ2n) is 6.32. The molecule has 2 aliphatic carbocycles. The second kappa shape index (κ2) is 5.25.